The van der Waals surface area contributed by atoms with Gasteiger partial charge in [-0.2, -0.15) is 0 Å². The van der Waals surface area contributed by atoms with Crippen LogP contribution in [-0.4, -0.2) is 33.9 Å². The van der Waals surface area contributed by atoms with Crippen molar-refractivity contribution in [2.75, 3.05) is 18.4 Å². The number of anilines is 1. The lowest BCUT2D eigenvalue weighted by atomic mass is 10.1. The van der Waals surface area contributed by atoms with E-state index in [1.807, 2.05) is 13.0 Å². The largest absolute Gasteiger partial charge is 0.369 e. The number of H-pyrrole nitrogens is 1. The van der Waals surface area contributed by atoms with E-state index in [2.05, 4.69) is 63.8 Å². The van der Waals surface area contributed by atoms with E-state index >= 15 is 0 Å². The van der Waals surface area contributed by atoms with Gasteiger partial charge in [0.25, 0.3) is 5.91 Å². The van der Waals surface area contributed by atoms with Crippen molar-refractivity contribution in [3.63, 3.8) is 0 Å². The molecule has 150 valence electrons. The van der Waals surface area contributed by atoms with Gasteiger partial charge in [-0.15, -0.1) is 11.3 Å². The molecule has 0 unspecified atom stereocenters. The van der Waals surface area contributed by atoms with Gasteiger partial charge in [-0.3, -0.25) is 4.79 Å². The molecule has 4 aromatic rings. The lowest BCUT2D eigenvalue weighted by Crippen LogP contribution is -2.27. The number of nitrogens with one attached hydrogen (secondary N) is 3. The highest BCUT2D eigenvalue weighted by molar-refractivity contribution is 7.20. The van der Waals surface area contributed by atoms with Gasteiger partial charge >= 0.3 is 0 Å². The number of amides is 1. The van der Waals surface area contributed by atoms with Crippen molar-refractivity contribution in [1.82, 2.24) is 20.3 Å². The van der Waals surface area contributed by atoms with Crippen LogP contribution in [0, 0.1) is 12.8 Å². The van der Waals surface area contributed by atoms with Crippen molar-refractivity contribution in [1.29, 1.82) is 0 Å². The van der Waals surface area contributed by atoms with Crippen LogP contribution in [0.1, 0.15) is 34.6 Å². The lowest BCUT2D eigenvalue weighted by Gasteiger charge is -2.08. The van der Waals surface area contributed by atoms with Crippen molar-refractivity contribution in [3.05, 3.63) is 52.8 Å². The number of hydrogen-bond donors (Lipinski definition) is 3. The first-order valence-corrected chi connectivity index (χ1v) is 10.7. The first-order valence-electron chi connectivity index (χ1n) is 9.85. The molecular formula is C22H25N5OS. The van der Waals surface area contributed by atoms with Gasteiger partial charge in [-0.25, -0.2) is 9.97 Å². The Bertz CT molecular complexity index is 1160. The quantitative estimate of drug-likeness (QED) is 0.421. The van der Waals surface area contributed by atoms with Crippen LogP contribution >= 0.6 is 11.3 Å². The Kier molecular flexibility index (Phi) is 5.49. The summed E-state index contributed by atoms with van der Waals surface area (Å²) in [7, 11) is 0. The van der Waals surface area contributed by atoms with Crippen LogP contribution in [-0.2, 0) is 6.42 Å². The summed E-state index contributed by atoms with van der Waals surface area (Å²) < 4.78 is 0. The van der Waals surface area contributed by atoms with Crippen LogP contribution in [0.4, 0.5) is 5.82 Å². The van der Waals surface area contributed by atoms with E-state index in [0.717, 1.165) is 40.1 Å². The highest BCUT2D eigenvalue weighted by Gasteiger charge is 2.19. The molecule has 0 saturated heterocycles. The summed E-state index contributed by atoms with van der Waals surface area (Å²) in [5, 5.41) is 8.63. The molecule has 0 aliphatic rings. The van der Waals surface area contributed by atoms with Gasteiger partial charge in [0.05, 0.1) is 10.3 Å². The molecule has 0 radical (unpaired) electrons. The zero-order valence-electron chi connectivity index (χ0n) is 16.9. The summed E-state index contributed by atoms with van der Waals surface area (Å²) in [4.78, 5) is 26.3. The van der Waals surface area contributed by atoms with E-state index in [4.69, 9.17) is 0 Å². The fraction of sp³-hybridized carbons (Fsp3) is 0.318. The molecule has 1 aromatic carbocycles. The number of para-hydroxylation sites is 1. The summed E-state index contributed by atoms with van der Waals surface area (Å²) >= 11 is 1.42. The Hall–Kier alpha value is -2.93. The van der Waals surface area contributed by atoms with Crippen LogP contribution in [0.5, 0.6) is 0 Å². The van der Waals surface area contributed by atoms with Crippen LogP contribution in [0.2, 0.25) is 0 Å². The maximum Gasteiger partial charge on any atom is 0.261 e. The van der Waals surface area contributed by atoms with Gasteiger partial charge in [-0.05, 0) is 36.5 Å². The predicted octanol–water partition coefficient (Wildman–Crippen LogP) is 4.52. The molecule has 0 fully saturated rings. The van der Waals surface area contributed by atoms with Gasteiger partial charge in [-0.1, -0.05) is 32.0 Å². The summed E-state index contributed by atoms with van der Waals surface area (Å²) in [5.74, 6) is 1.16. The summed E-state index contributed by atoms with van der Waals surface area (Å²) in [6.45, 7) is 7.54. The maximum absolute atomic E-state index is 12.6. The minimum atomic E-state index is -0.0380. The molecule has 0 spiro atoms. The molecule has 0 bridgehead atoms. The van der Waals surface area contributed by atoms with E-state index < -0.39 is 0 Å². The van der Waals surface area contributed by atoms with E-state index in [-0.39, 0.29) is 5.91 Å². The third-order valence-electron chi connectivity index (χ3n) is 4.97. The van der Waals surface area contributed by atoms with Gasteiger partial charge in [0, 0.05) is 30.2 Å². The first-order chi connectivity index (χ1) is 14.0. The Morgan fingerprint density at radius 1 is 1.24 bits per heavy atom. The second-order valence-corrected chi connectivity index (χ2v) is 8.60. The fourth-order valence-electron chi connectivity index (χ4n) is 3.45. The number of nitrogens with zero attached hydrogens (tertiary/aromatic N) is 2. The van der Waals surface area contributed by atoms with Crippen molar-refractivity contribution >= 4 is 44.2 Å². The number of rotatable bonds is 7. The molecule has 6 nitrogen and oxygen atoms in total. The second kappa shape index (κ2) is 8.21. The maximum atomic E-state index is 12.6. The Morgan fingerprint density at radius 2 is 2.07 bits per heavy atom. The number of fused-ring (bicyclic) bond motifs is 2. The smallest absolute Gasteiger partial charge is 0.261 e. The van der Waals surface area contributed by atoms with Crippen molar-refractivity contribution < 1.29 is 4.79 Å². The molecule has 7 heteroatoms. The zero-order valence-corrected chi connectivity index (χ0v) is 17.7. The van der Waals surface area contributed by atoms with E-state index in [1.54, 1.807) is 6.33 Å². The molecule has 0 aliphatic heterocycles. The normalized spacial score (nSPS) is 11.4. The average Bonchev–Trinajstić information content (AvgIpc) is 3.28. The molecule has 3 N–H and O–H groups in total. The number of carbonyl (C=O) groups is 1. The summed E-state index contributed by atoms with van der Waals surface area (Å²) in [6, 6.07) is 8.31. The predicted molar refractivity (Wildman–Crippen MR) is 120 cm³/mol. The summed E-state index contributed by atoms with van der Waals surface area (Å²) in [6.07, 6.45) is 4.50. The van der Waals surface area contributed by atoms with Crippen molar-refractivity contribution in [2.45, 2.75) is 27.2 Å². The first kappa shape index (κ1) is 19.4. The van der Waals surface area contributed by atoms with Crippen molar-refractivity contribution in [2.24, 2.45) is 5.92 Å². The number of aromatic nitrogens is 3. The number of aryl methyl sites for hydroxylation is 1. The molecule has 0 atom stereocenters. The number of thiophene rings is 1. The molecule has 29 heavy (non-hydrogen) atoms. The van der Waals surface area contributed by atoms with E-state index in [9.17, 15) is 4.79 Å². The fourth-order valence-corrected chi connectivity index (χ4v) is 4.52. The van der Waals surface area contributed by atoms with Gasteiger partial charge < -0.3 is 15.6 Å². The number of aromatic amines is 1. The number of hydrogen-bond acceptors (Lipinski definition) is 5. The lowest BCUT2D eigenvalue weighted by molar-refractivity contribution is 0.0952. The minimum absolute atomic E-state index is 0.0380. The Labute approximate surface area is 173 Å². The molecule has 3 aromatic heterocycles. The molecule has 4 rings (SSSR count). The summed E-state index contributed by atoms with van der Waals surface area (Å²) in [5.41, 5.74) is 3.35. The van der Waals surface area contributed by atoms with E-state index in [1.165, 1.54) is 22.3 Å². The molecule has 0 aliphatic carbocycles. The zero-order chi connectivity index (χ0) is 20.4. The SMILES string of the molecule is Cc1c(C(=O)NCC(C)C)sc2ncnc(NCCc3c[nH]c4ccccc34)c12. The Balaban J connectivity index is 1.52. The Morgan fingerprint density at radius 3 is 2.90 bits per heavy atom. The van der Waals surface area contributed by atoms with Crippen LogP contribution in [0.15, 0.2) is 36.8 Å². The minimum Gasteiger partial charge on any atom is -0.369 e. The second-order valence-electron chi connectivity index (χ2n) is 7.60. The molecule has 0 saturated carbocycles. The van der Waals surface area contributed by atoms with E-state index in [0.29, 0.717) is 17.3 Å². The number of benzene rings is 1. The number of carbonyl (C=O) groups excluding carboxylic acids is 1. The van der Waals surface area contributed by atoms with Crippen LogP contribution in [0.25, 0.3) is 21.1 Å². The van der Waals surface area contributed by atoms with Gasteiger partial charge in [0.1, 0.15) is 17.0 Å². The van der Waals surface area contributed by atoms with Crippen LogP contribution in [0.3, 0.4) is 0 Å². The average molecular weight is 408 g/mol. The van der Waals surface area contributed by atoms with Gasteiger partial charge in [0.2, 0.25) is 0 Å². The molecule has 3 heterocycles. The van der Waals surface area contributed by atoms with Gasteiger partial charge in [0.15, 0.2) is 0 Å². The standard InChI is InChI=1S/C22H25N5OS/c1-13(2)10-25-21(28)19-14(3)18-20(26-12-27-22(18)29-19)23-9-8-15-11-24-17-7-5-4-6-16(15)17/h4-7,11-13,24H,8-10H2,1-3H3,(H,25,28)(H,23,26,27). The van der Waals surface area contributed by atoms with Crippen LogP contribution < -0.4 is 10.6 Å². The molecule has 1 amide bonds. The highest BCUT2D eigenvalue weighted by Crippen LogP contribution is 2.33. The van der Waals surface area contributed by atoms with Crippen molar-refractivity contribution in [3.8, 4) is 0 Å². The third kappa shape index (κ3) is 3.96. The third-order valence-corrected chi connectivity index (χ3v) is 6.16. The molecular weight excluding hydrogens is 382 g/mol. The topological polar surface area (TPSA) is 82.7 Å². The highest BCUT2D eigenvalue weighted by atomic mass is 32.1. The monoisotopic (exact) mass is 407 g/mol.